The van der Waals surface area contributed by atoms with Crippen LogP contribution in [-0.2, 0) is 22.6 Å². The molecule has 184 valence electrons. The van der Waals surface area contributed by atoms with Crippen LogP contribution in [0.1, 0.15) is 44.5 Å². The van der Waals surface area contributed by atoms with E-state index in [0.717, 1.165) is 34.7 Å². The fraction of sp³-hybridized carbons (Fsp3) is 0.300. The molecule has 1 saturated heterocycles. The summed E-state index contributed by atoms with van der Waals surface area (Å²) in [4.78, 5) is 35.3. The van der Waals surface area contributed by atoms with Gasteiger partial charge in [0.25, 0.3) is 0 Å². The molecule has 1 aliphatic heterocycles. The number of nitrogens with zero attached hydrogens (tertiary/aromatic N) is 4. The molecule has 3 aromatic carbocycles. The van der Waals surface area contributed by atoms with Crippen molar-refractivity contribution in [2.45, 2.75) is 52.1 Å². The second kappa shape index (κ2) is 9.97. The van der Waals surface area contributed by atoms with Crippen molar-refractivity contribution >= 4 is 34.2 Å². The first kappa shape index (κ1) is 23.8. The van der Waals surface area contributed by atoms with Crippen molar-refractivity contribution in [2.24, 2.45) is 0 Å². The Morgan fingerprint density at radius 1 is 1.00 bits per heavy atom. The van der Waals surface area contributed by atoms with Crippen LogP contribution >= 0.6 is 0 Å². The predicted octanol–water partition coefficient (Wildman–Crippen LogP) is 5.56. The number of hydrogen-bond donors (Lipinski definition) is 0. The van der Waals surface area contributed by atoms with Crippen molar-refractivity contribution in [3.05, 3.63) is 90.3 Å². The Hall–Kier alpha value is -3.93. The van der Waals surface area contributed by atoms with Crippen molar-refractivity contribution < 1.29 is 9.59 Å². The van der Waals surface area contributed by atoms with Crippen molar-refractivity contribution in [3.63, 3.8) is 0 Å². The van der Waals surface area contributed by atoms with E-state index >= 15 is 0 Å². The second-order valence-electron chi connectivity index (χ2n) is 9.66. The van der Waals surface area contributed by atoms with Gasteiger partial charge in [0.05, 0.1) is 11.0 Å². The summed E-state index contributed by atoms with van der Waals surface area (Å²) in [6.07, 6.45) is 1.34. The Balaban J connectivity index is 1.47. The number of fused-ring (bicyclic) bond motifs is 1. The zero-order valence-corrected chi connectivity index (χ0v) is 21.1. The van der Waals surface area contributed by atoms with Crippen LogP contribution in [-0.4, -0.2) is 34.0 Å². The van der Waals surface area contributed by atoms with Crippen LogP contribution in [0.5, 0.6) is 0 Å². The Kier molecular flexibility index (Phi) is 6.59. The van der Waals surface area contributed by atoms with Crippen LogP contribution in [0.3, 0.4) is 0 Å². The number of imidazole rings is 1. The molecule has 0 bridgehead atoms. The quantitative estimate of drug-likeness (QED) is 0.348. The van der Waals surface area contributed by atoms with Crippen molar-refractivity contribution in [2.75, 3.05) is 16.3 Å². The summed E-state index contributed by atoms with van der Waals surface area (Å²) < 4.78 is 2.01. The number of carbonyl (C=O) groups is 2. The number of rotatable bonds is 7. The van der Waals surface area contributed by atoms with Gasteiger partial charge in [-0.2, -0.15) is 0 Å². The third-order valence-electron chi connectivity index (χ3n) is 6.94. The van der Waals surface area contributed by atoms with Gasteiger partial charge in [-0.25, -0.2) is 4.98 Å². The predicted molar refractivity (Wildman–Crippen MR) is 144 cm³/mol. The Morgan fingerprint density at radius 2 is 1.69 bits per heavy atom. The van der Waals surface area contributed by atoms with E-state index in [0.29, 0.717) is 13.0 Å². The third kappa shape index (κ3) is 4.51. The van der Waals surface area contributed by atoms with Gasteiger partial charge in [0.1, 0.15) is 12.4 Å². The van der Waals surface area contributed by atoms with Gasteiger partial charge in [0, 0.05) is 36.3 Å². The molecule has 1 aliphatic rings. The zero-order chi connectivity index (χ0) is 25.2. The average Bonchev–Trinajstić information content (AvgIpc) is 3.45. The number of para-hydroxylation sites is 3. The molecule has 1 fully saturated rings. The Labute approximate surface area is 212 Å². The van der Waals surface area contributed by atoms with Gasteiger partial charge in [0.2, 0.25) is 11.8 Å². The molecule has 1 atom stereocenters. The number of aromatic nitrogens is 2. The topological polar surface area (TPSA) is 58.4 Å². The minimum Gasteiger partial charge on any atom is -0.318 e. The summed E-state index contributed by atoms with van der Waals surface area (Å²) in [6, 6.07) is 25.9. The molecular formula is C30H32N4O2. The van der Waals surface area contributed by atoms with Crippen LogP contribution < -0.4 is 9.80 Å². The zero-order valence-electron chi connectivity index (χ0n) is 21.1. The molecule has 0 unspecified atom stereocenters. The number of carbonyl (C=O) groups excluding carboxylic acids is 2. The molecule has 4 aromatic rings. The van der Waals surface area contributed by atoms with E-state index in [-0.39, 0.29) is 30.3 Å². The highest BCUT2D eigenvalue weighted by molar-refractivity contribution is 5.97. The van der Waals surface area contributed by atoms with E-state index in [2.05, 4.69) is 19.1 Å². The number of amides is 2. The molecule has 0 saturated carbocycles. The highest BCUT2D eigenvalue weighted by atomic mass is 16.2. The molecule has 0 spiro atoms. The van der Waals surface area contributed by atoms with E-state index < -0.39 is 0 Å². The van der Waals surface area contributed by atoms with Gasteiger partial charge in [0.15, 0.2) is 0 Å². The summed E-state index contributed by atoms with van der Waals surface area (Å²) >= 11 is 0. The van der Waals surface area contributed by atoms with Gasteiger partial charge < -0.3 is 14.4 Å². The fourth-order valence-corrected chi connectivity index (χ4v) is 5.14. The van der Waals surface area contributed by atoms with Crippen molar-refractivity contribution in [1.29, 1.82) is 0 Å². The molecule has 6 heteroatoms. The lowest BCUT2D eigenvalue weighted by molar-refractivity contribution is -0.119. The third-order valence-corrected chi connectivity index (χ3v) is 6.94. The van der Waals surface area contributed by atoms with Crippen LogP contribution in [0, 0.1) is 0 Å². The minimum absolute atomic E-state index is 0.00284. The fourth-order valence-electron chi connectivity index (χ4n) is 5.14. The van der Waals surface area contributed by atoms with Crippen LogP contribution in [0.4, 0.5) is 11.4 Å². The molecule has 0 aliphatic carbocycles. The van der Waals surface area contributed by atoms with Crippen LogP contribution in [0.15, 0.2) is 78.9 Å². The largest absolute Gasteiger partial charge is 0.318 e. The lowest BCUT2D eigenvalue weighted by atomic mass is 10.1. The van der Waals surface area contributed by atoms with E-state index in [1.54, 1.807) is 0 Å². The van der Waals surface area contributed by atoms with E-state index in [4.69, 9.17) is 4.98 Å². The smallest absolute Gasteiger partial charge is 0.247 e. The molecule has 2 amide bonds. The van der Waals surface area contributed by atoms with Gasteiger partial charge >= 0.3 is 0 Å². The number of anilines is 2. The summed E-state index contributed by atoms with van der Waals surface area (Å²) in [5, 5.41) is 0. The van der Waals surface area contributed by atoms with E-state index in [1.165, 1.54) is 5.56 Å². The molecular weight excluding hydrogens is 448 g/mol. The molecule has 6 nitrogen and oxygen atoms in total. The van der Waals surface area contributed by atoms with Crippen molar-refractivity contribution in [1.82, 2.24) is 9.55 Å². The highest BCUT2D eigenvalue weighted by Gasteiger charge is 2.35. The molecule has 2 heterocycles. The first-order valence-electron chi connectivity index (χ1n) is 12.7. The lowest BCUT2D eigenvalue weighted by Gasteiger charge is -2.27. The number of aryl methyl sites for hydroxylation is 1. The van der Waals surface area contributed by atoms with Crippen molar-refractivity contribution in [3.8, 4) is 0 Å². The summed E-state index contributed by atoms with van der Waals surface area (Å²) in [5.41, 5.74) is 4.79. The lowest BCUT2D eigenvalue weighted by Crippen LogP contribution is -2.39. The first-order valence-corrected chi connectivity index (χ1v) is 12.7. The molecule has 0 N–H and O–H groups in total. The number of hydrogen-bond acceptors (Lipinski definition) is 3. The summed E-state index contributed by atoms with van der Waals surface area (Å²) in [7, 11) is 0. The minimum atomic E-state index is -0.0900. The maximum atomic E-state index is 13.7. The molecule has 0 radical (unpaired) electrons. The first-order chi connectivity index (χ1) is 17.5. The number of benzene rings is 3. The van der Waals surface area contributed by atoms with E-state index in [9.17, 15) is 9.59 Å². The monoisotopic (exact) mass is 480 g/mol. The van der Waals surface area contributed by atoms with Gasteiger partial charge in [-0.1, -0.05) is 49.4 Å². The average molecular weight is 481 g/mol. The SMILES string of the molecule is CCc1ccc(N2C[C@H](c3nc4ccccc4n3CC(=O)N(c3ccccc3)C(C)C)CC2=O)cc1. The van der Waals surface area contributed by atoms with Gasteiger partial charge in [-0.3, -0.25) is 9.59 Å². The normalized spacial score (nSPS) is 15.7. The molecule has 36 heavy (non-hydrogen) atoms. The standard InChI is InChI=1S/C30H32N4O2/c1-4-22-14-16-24(17-15-22)32-19-23(18-28(32)35)30-31-26-12-8-9-13-27(26)33(30)20-29(36)34(21(2)3)25-10-6-5-7-11-25/h5-17,21,23H,4,18-20H2,1-3H3/t23-/m1/s1. The maximum absolute atomic E-state index is 13.7. The Morgan fingerprint density at radius 3 is 2.39 bits per heavy atom. The van der Waals surface area contributed by atoms with Crippen LogP contribution in [0.2, 0.25) is 0 Å². The van der Waals surface area contributed by atoms with E-state index in [1.807, 2.05) is 94.9 Å². The van der Waals surface area contributed by atoms with Gasteiger partial charge in [-0.15, -0.1) is 0 Å². The van der Waals surface area contributed by atoms with Gasteiger partial charge in [-0.05, 0) is 62.2 Å². The molecule has 5 rings (SSSR count). The van der Waals surface area contributed by atoms with Crippen LogP contribution in [0.25, 0.3) is 11.0 Å². The summed E-state index contributed by atoms with van der Waals surface area (Å²) in [6.45, 7) is 6.88. The highest BCUT2D eigenvalue weighted by Crippen LogP contribution is 2.33. The molecule has 1 aromatic heterocycles. The second-order valence-corrected chi connectivity index (χ2v) is 9.66. The Bertz CT molecular complexity index is 1380. The maximum Gasteiger partial charge on any atom is 0.247 e. The summed E-state index contributed by atoms with van der Waals surface area (Å²) in [5.74, 6) is 0.786.